The highest BCUT2D eigenvalue weighted by Gasteiger charge is 2.07. The second-order valence-electron chi connectivity index (χ2n) is 5.86. The molecule has 0 aromatic heterocycles. The summed E-state index contributed by atoms with van der Waals surface area (Å²) in [5, 5.41) is 11.2. The smallest absolute Gasteiger partial charge is 0.234 e. The van der Waals surface area contributed by atoms with Crippen LogP contribution < -0.4 is 14.8 Å². The Labute approximate surface area is 154 Å². The maximum absolute atomic E-state index is 11.3. The number of hydrogen-bond donors (Lipinski definition) is 1. The fourth-order valence-electron chi connectivity index (χ4n) is 2.57. The van der Waals surface area contributed by atoms with E-state index in [9.17, 15) is 4.79 Å². The number of carbonyl (C=O) groups is 1. The Morgan fingerprint density at radius 2 is 1.88 bits per heavy atom. The zero-order valence-corrected chi connectivity index (χ0v) is 15.0. The molecule has 0 spiro atoms. The Hall–Kier alpha value is -3.00. The van der Waals surface area contributed by atoms with Gasteiger partial charge in [-0.2, -0.15) is 5.26 Å². The number of benzene rings is 2. The summed E-state index contributed by atoms with van der Waals surface area (Å²) in [6.45, 7) is 1.09. The zero-order valence-electron chi connectivity index (χ0n) is 15.0. The van der Waals surface area contributed by atoms with Crippen LogP contribution in [0.5, 0.6) is 11.5 Å². The van der Waals surface area contributed by atoms with Gasteiger partial charge >= 0.3 is 0 Å². The third-order valence-corrected chi connectivity index (χ3v) is 3.91. The molecular formula is C21H24N2O3. The van der Waals surface area contributed by atoms with E-state index in [1.54, 1.807) is 7.11 Å². The van der Waals surface area contributed by atoms with Gasteiger partial charge in [0.25, 0.3) is 0 Å². The summed E-state index contributed by atoms with van der Waals surface area (Å²) < 4.78 is 11.3. The van der Waals surface area contributed by atoms with Crippen LogP contribution in [0.3, 0.4) is 0 Å². The SMILES string of the molecule is COc1ccc(CCNC(=O)CC#N)cc1OCCCc1ccccc1. The van der Waals surface area contributed by atoms with Gasteiger partial charge in [0, 0.05) is 6.54 Å². The normalized spacial score (nSPS) is 10.0. The largest absolute Gasteiger partial charge is 0.493 e. The van der Waals surface area contributed by atoms with Crippen molar-refractivity contribution < 1.29 is 14.3 Å². The van der Waals surface area contributed by atoms with Crippen LogP contribution >= 0.6 is 0 Å². The van der Waals surface area contributed by atoms with Gasteiger partial charge in [-0.25, -0.2) is 0 Å². The van der Waals surface area contributed by atoms with Gasteiger partial charge in [0.15, 0.2) is 11.5 Å². The van der Waals surface area contributed by atoms with E-state index < -0.39 is 0 Å². The van der Waals surface area contributed by atoms with Crippen LogP contribution in [0.25, 0.3) is 0 Å². The maximum atomic E-state index is 11.3. The molecule has 0 heterocycles. The van der Waals surface area contributed by atoms with Crippen LogP contribution in [0.1, 0.15) is 24.0 Å². The molecule has 5 nitrogen and oxygen atoms in total. The number of amides is 1. The minimum Gasteiger partial charge on any atom is -0.493 e. The van der Waals surface area contributed by atoms with E-state index in [1.807, 2.05) is 42.5 Å². The third kappa shape index (κ3) is 6.48. The predicted molar refractivity (Wildman–Crippen MR) is 100 cm³/mol. The van der Waals surface area contributed by atoms with Crippen molar-refractivity contribution in [2.24, 2.45) is 0 Å². The van der Waals surface area contributed by atoms with Crippen LogP contribution in [0.15, 0.2) is 48.5 Å². The number of rotatable bonds is 10. The molecule has 0 radical (unpaired) electrons. The van der Waals surface area contributed by atoms with Crippen molar-refractivity contribution >= 4 is 5.91 Å². The molecule has 136 valence electrons. The summed E-state index contributed by atoms with van der Waals surface area (Å²) in [6.07, 6.45) is 2.44. The lowest BCUT2D eigenvalue weighted by Crippen LogP contribution is -2.24. The molecule has 2 aromatic carbocycles. The summed E-state index contributed by atoms with van der Waals surface area (Å²) in [5.41, 5.74) is 2.34. The van der Waals surface area contributed by atoms with E-state index in [0.29, 0.717) is 31.1 Å². The van der Waals surface area contributed by atoms with E-state index in [2.05, 4.69) is 17.4 Å². The number of nitrogens with zero attached hydrogens (tertiary/aromatic N) is 1. The first-order valence-electron chi connectivity index (χ1n) is 8.70. The van der Waals surface area contributed by atoms with Crippen molar-refractivity contribution in [1.29, 1.82) is 5.26 Å². The summed E-state index contributed by atoms with van der Waals surface area (Å²) in [5.74, 6) is 1.15. The lowest BCUT2D eigenvalue weighted by Gasteiger charge is -2.13. The molecule has 2 aromatic rings. The van der Waals surface area contributed by atoms with Gasteiger partial charge in [-0.05, 0) is 42.5 Å². The molecule has 1 amide bonds. The Balaban J connectivity index is 1.84. The highest BCUT2D eigenvalue weighted by Crippen LogP contribution is 2.28. The van der Waals surface area contributed by atoms with Gasteiger partial charge in [0.05, 0.1) is 19.8 Å². The van der Waals surface area contributed by atoms with Crippen molar-refractivity contribution in [2.75, 3.05) is 20.3 Å². The molecule has 1 N–H and O–H groups in total. The van der Waals surface area contributed by atoms with Gasteiger partial charge in [-0.3, -0.25) is 4.79 Å². The highest BCUT2D eigenvalue weighted by atomic mass is 16.5. The number of methoxy groups -OCH3 is 1. The van der Waals surface area contributed by atoms with E-state index in [1.165, 1.54) is 5.56 Å². The molecule has 2 rings (SSSR count). The number of carbonyl (C=O) groups excluding carboxylic acids is 1. The van der Waals surface area contributed by atoms with Crippen molar-refractivity contribution in [3.8, 4) is 17.6 Å². The molecule has 5 heteroatoms. The average molecular weight is 352 g/mol. The number of hydrogen-bond acceptors (Lipinski definition) is 4. The Kier molecular flexibility index (Phi) is 8.01. The first-order valence-corrected chi connectivity index (χ1v) is 8.70. The van der Waals surface area contributed by atoms with E-state index in [0.717, 1.165) is 18.4 Å². The van der Waals surface area contributed by atoms with Gasteiger partial charge in [-0.15, -0.1) is 0 Å². The first kappa shape index (κ1) is 19.3. The fourth-order valence-corrected chi connectivity index (χ4v) is 2.57. The van der Waals surface area contributed by atoms with Crippen LogP contribution in [0.4, 0.5) is 0 Å². The predicted octanol–water partition coefficient (Wildman–Crippen LogP) is 3.28. The molecule has 0 aliphatic carbocycles. The van der Waals surface area contributed by atoms with Crippen LogP contribution in [-0.4, -0.2) is 26.2 Å². The van der Waals surface area contributed by atoms with Crippen molar-refractivity contribution in [3.05, 3.63) is 59.7 Å². The lowest BCUT2D eigenvalue weighted by atomic mass is 10.1. The average Bonchev–Trinajstić information content (AvgIpc) is 2.66. The van der Waals surface area contributed by atoms with Crippen LogP contribution in [-0.2, 0) is 17.6 Å². The molecule has 0 bridgehead atoms. The van der Waals surface area contributed by atoms with Crippen LogP contribution in [0, 0.1) is 11.3 Å². The monoisotopic (exact) mass is 352 g/mol. The Morgan fingerprint density at radius 3 is 2.62 bits per heavy atom. The zero-order chi connectivity index (χ0) is 18.6. The molecule has 0 aliphatic rings. The topological polar surface area (TPSA) is 71.3 Å². The lowest BCUT2D eigenvalue weighted by molar-refractivity contribution is -0.120. The molecule has 0 atom stereocenters. The standard InChI is InChI=1S/C21H24N2O3/c1-25-19-10-9-18(12-14-23-21(24)11-13-22)16-20(19)26-15-5-8-17-6-3-2-4-7-17/h2-4,6-7,9-10,16H,5,8,11-12,14-15H2,1H3,(H,23,24). The van der Waals surface area contributed by atoms with Gasteiger partial charge in [-0.1, -0.05) is 36.4 Å². The minimum absolute atomic E-state index is 0.113. The molecule has 0 unspecified atom stereocenters. The third-order valence-electron chi connectivity index (χ3n) is 3.91. The van der Waals surface area contributed by atoms with Crippen molar-refractivity contribution in [2.45, 2.75) is 25.7 Å². The maximum Gasteiger partial charge on any atom is 0.234 e. The van der Waals surface area contributed by atoms with Crippen molar-refractivity contribution in [3.63, 3.8) is 0 Å². The number of ether oxygens (including phenoxy) is 2. The summed E-state index contributed by atoms with van der Waals surface area (Å²) in [4.78, 5) is 11.3. The molecule has 0 fully saturated rings. The van der Waals surface area contributed by atoms with Gasteiger partial charge in [0.1, 0.15) is 6.42 Å². The molecular weight excluding hydrogens is 328 g/mol. The van der Waals surface area contributed by atoms with E-state index in [-0.39, 0.29) is 12.3 Å². The quantitative estimate of drug-likeness (QED) is 0.666. The fraction of sp³-hybridized carbons (Fsp3) is 0.333. The van der Waals surface area contributed by atoms with Crippen LogP contribution in [0.2, 0.25) is 0 Å². The van der Waals surface area contributed by atoms with E-state index in [4.69, 9.17) is 14.7 Å². The molecule has 26 heavy (non-hydrogen) atoms. The number of nitrogens with one attached hydrogen (secondary N) is 1. The second kappa shape index (κ2) is 10.8. The van der Waals surface area contributed by atoms with Gasteiger partial charge < -0.3 is 14.8 Å². The first-order chi connectivity index (χ1) is 12.7. The summed E-state index contributed by atoms with van der Waals surface area (Å²) >= 11 is 0. The highest BCUT2D eigenvalue weighted by molar-refractivity contribution is 5.77. The number of nitriles is 1. The summed E-state index contributed by atoms with van der Waals surface area (Å²) in [6, 6.07) is 17.9. The molecule has 0 saturated carbocycles. The Bertz CT molecular complexity index is 739. The van der Waals surface area contributed by atoms with Gasteiger partial charge in [0.2, 0.25) is 5.91 Å². The summed E-state index contributed by atoms with van der Waals surface area (Å²) in [7, 11) is 1.62. The molecule has 0 saturated heterocycles. The van der Waals surface area contributed by atoms with Crippen molar-refractivity contribution in [1.82, 2.24) is 5.32 Å². The molecule has 0 aliphatic heterocycles. The Morgan fingerprint density at radius 1 is 1.08 bits per heavy atom. The van der Waals surface area contributed by atoms with E-state index >= 15 is 0 Å². The second-order valence-corrected chi connectivity index (χ2v) is 5.86. The minimum atomic E-state index is -0.251. The number of aryl methyl sites for hydroxylation is 1.